The first-order valence-corrected chi connectivity index (χ1v) is 6.46. The molecule has 0 atom stereocenters. The molecule has 2 rings (SSSR count). The van der Waals surface area contributed by atoms with E-state index in [-0.39, 0.29) is 0 Å². The molecular weight excluding hydrogens is 222 g/mol. The largest absolute Gasteiger partial charge is 0.367 e. The lowest BCUT2D eigenvalue weighted by atomic mass is 9.97. The molecule has 1 aliphatic carbocycles. The molecule has 1 aromatic rings. The molecule has 1 saturated carbocycles. The summed E-state index contributed by atoms with van der Waals surface area (Å²) in [6.07, 6.45) is 10.7. The van der Waals surface area contributed by atoms with Crippen molar-refractivity contribution in [1.29, 1.82) is 0 Å². The van der Waals surface area contributed by atoms with Gasteiger partial charge in [-0.15, -0.1) is 0 Å². The Hall–Kier alpha value is -0.830. The smallest absolute Gasteiger partial charge is 0.134 e. The maximum absolute atomic E-state index is 5.83. The Bertz CT molecular complexity index is 322. The Labute approximate surface area is 102 Å². The number of aromatic nitrogens is 2. The summed E-state index contributed by atoms with van der Waals surface area (Å²) >= 11 is 5.83. The molecule has 16 heavy (non-hydrogen) atoms. The van der Waals surface area contributed by atoms with Crippen LogP contribution in [0.1, 0.15) is 44.9 Å². The number of rotatable bonds is 2. The van der Waals surface area contributed by atoms with E-state index in [1.807, 2.05) is 0 Å². The van der Waals surface area contributed by atoms with Gasteiger partial charge in [0.15, 0.2) is 0 Å². The van der Waals surface area contributed by atoms with Gasteiger partial charge in [-0.2, -0.15) is 0 Å². The van der Waals surface area contributed by atoms with Gasteiger partial charge in [0.05, 0.1) is 0 Å². The maximum Gasteiger partial charge on any atom is 0.134 e. The van der Waals surface area contributed by atoms with Crippen LogP contribution in [0, 0.1) is 0 Å². The summed E-state index contributed by atoms with van der Waals surface area (Å²) in [6.45, 7) is 0. The van der Waals surface area contributed by atoms with E-state index in [9.17, 15) is 0 Å². The lowest BCUT2D eigenvalue weighted by molar-refractivity contribution is 0.470. The molecule has 1 aromatic heterocycles. The van der Waals surface area contributed by atoms with E-state index in [0.29, 0.717) is 11.2 Å². The van der Waals surface area contributed by atoms with Crippen molar-refractivity contribution >= 4 is 17.4 Å². The van der Waals surface area contributed by atoms with Crippen LogP contribution >= 0.6 is 11.6 Å². The number of hydrogen-bond donors (Lipinski definition) is 1. The molecule has 4 heteroatoms. The normalized spacial score (nSPS) is 18.8. The molecule has 0 aromatic carbocycles. The molecule has 0 amide bonds. The topological polar surface area (TPSA) is 37.8 Å². The van der Waals surface area contributed by atoms with Gasteiger partial charge in [0.2, 0.25) is 0 Å². The predicted molar refractivity (Wildman–Crippen MR) is 66.8 cm³/mol. The van der Waals surface area contributed by atoms with Crippen LogP contribution in [0.2, 0.25) is 5.15 Å². The van der Waals surface area contributed by atoms with Gasteiger partial charge in [-0.25, -0.2) is 9.97 Å². The summed E-state index contributed by atoms with van der Waals surface area (Å²) in [6, 6.07) is 2.34. The average Bonchev–Trinajstić information content (AvgIpc) is 2.22. The van der Waals surface area contributed by atoms with Crippen LogP contribution in [0.25, 0.3) is 0 Å². The van der Waals surface area contributed by atoms with Crippen LogP contribution in [0.4, 0.5) is 5.82 Å². The summed E-state index contributed by atoms with van der Waals surface area (Å²) in [5, 5.41) is 3.96. The van der Waals surface area contributed by atoms with Crippen molar-refractivity contribution in [3.8, 4) is 0 Å². The first-order chi connectivity index (χ1) is 7.84. The Kier molecular flexibility index (Phi) is 4.40. The van der Waals surface area contributed by atoms with Crippen LogP contribution in [0.3, 0.4) is 0 Å². The van der Waals surface area contributed by atoms with Crippen molar-refractivity contribution in [1.82, 2.24) is 9.97 Å². The molecule has 1 N–H and O–H groups in total. The number of hydrogen-bond acceptors (Lipinski definition) is 3. The molecular formula is C12H18ClN3. The van der Waals surface area contributed by atoms with Crippen LogP contribution in [0.15, 0.2) is 12.4 Å². The highest BCUT2D eigenvalue weighted by molar-refractivity contribution is 6.29. The van der Waals surface area contributed by atoms with E-state index in [4.69, 9.17) is 11.6 Å². The zero-order valence-corrected chi connectivity index (χ0v) is 10.2. The summed E-state index contributed by atoms with van der Waals surface area (Å²) < 4.78 is 0. The Balaban J connectivity index is 1.91. The zero-order chi connectivity index (χ0) is 11.2. The standard InChI is InChI=1S/C12H18ClN3/c13-11-8-12(15-9-14-11)16-10-6-4-2-1-3-5-7-10/h8-10H,1-7H2,(H,14,15,16). The Morgan fingerprint density at radius 1 is 1.06 bits per heavy atom. The zero-order valence-electron chi connectivity index (χ0n) is 9.45. The minimum Gasteiger partial charge on any atom is -0.367 e. The third kappa shape index (κ3) is 3.63. The highest BCUT2D eigenvalue weighted by Crippen LogP contribution is 2.20. The van der Waals surface area contributed by atoms with Crippen molar-refractivity contribution in [2.45, 2.75) is 51.0 Å². The summed E-state index contributed by atoms with van der Waals surface area (Å²) in [5.74, 6) is 0.852. The first kappa shape index (κ1) is 11.6. The summed E-state index contributed by atoms with van der Waals surface area (Å²) in [5.41, 5.74) is 0. The van der Waals surface area contributed by atoms with Crippen molar-refractivity contribution in [2.24, 2.45) is 0 Å². The number of halogens is 1. The maximum atomic E-state index is 5.83. The highest BCUT2D eigenvalue weighted by atomic mass is 35.5. The molecule has 88 valence electrons. The minimum absolute atomic E-state index is 0.503. The van der Waals surface area contributed by atoms with Crippen LogP contribution in [0.5, 0.6) is 0 Å². The van der Waals surface area contributed by atoms with Gasteiger partial charge in [0, 0.05) is 12.1 Å². The van der Waals surface area contributed by atoms with Crippen LogP contribution in [-0.4, -0.2) is 16.0 Å². The molecule has 0 saturated heterocycles. The molecule has 0 radical (unpaired) electrons. The third-order valence-corrected chi connectivity index (χ3v) is 3.30. The number of anilines is 1. The van der Waals surface area contributed by atoms with Crippen LogP contribution in [-0.2, 0) is 0 Å². The van der Waals surface area contributed by atoms with Crippen molar-refractivity contribution in [3.63, 3.8) is 0 Å². The van der Waals surface area contributed by atoms with Gasteiger partial charge in [-0.3, -0.25) is 0 Å². The van der Waals surface area contributed by atoms with Gasteiger partial charge < -0.3 is 5.32 Å². The molecule has 0 unspecified atom stereocenters. The van der Waals surface area contributed by atoms with E-state index < -0.39 is 0 Å². The van der Waals surface area contributed by atoms with Gasteiger partial charge in [0.1, 0.15) is 17.3 Å². The SMILES string of the molecule is Clc1cc(NC2CCCCCCC2)ncn1. The quantitative estimate of drug-likeness (QED) is 0.801. The second-order valence-electron chi connectivity index (χ2n) is 4.41. The fourth-order valence-electron chi connectivity index (χ4n) is 2.22. The monoisotopic (exact) mass is 239 g/mol. The fourth-order valence-corrected chi connectivity index (χ4v) is 2.37. The molecule has 3 nitrogen and oxygen atoms in total. The van der Waals surface area contributed by atoms with Gasteiger partial charge in [0.25, 0.3) is 0 Å². The van der Waals surface area contributed by atoms with Gasteiger partial charge in [-0.1, -0.05) is 43.7 Å². The lowest BCUT2D eigenvalue weighted by Gasteiger charge is -2.21. The Morgan fingerprint density at radius 3 is 2.44 bits per heavy atom. The third-order valence-electron chi connectivity index (χ3n) is 3.09. The van der Waals surface area contributed by atoms with Crippen LogP contribution < -0.4 is 5.32 Å². The Morgan fingerprint density at radius 2 is 1.75 bits per heavy atom. The molecule has 0 bridgehead atoms. The second kappa shape index (κ2) is 6.04. The van der Waals surface area contributed by atoms with E-state index in [2.05, 4.69) is 15.3 Å². The molecule has 1 heterocycles. The van der Waals surface area contributed by atoms with Crippen molar-refractivity contribution in [2.75, 3.05) is 5.32 Å². The molecule has 0 aliphatic heterocycles. The van der Waals surface area contributed by atoms with Gasteiger partial charge >= 0.3 is 0 Å². The molecule has 0 spiro atoms. The number of nitrogens with one attached hydrogen (secondary N) is 1. The second-order valence-corrected chi connectivity index (χ2v) is 4.80. The van der Waals surface area contributed by atoms with Crippen molar-refractivity contribution in [3.05, 3.63) is 17.5 Å². The highest BCUT2D eigenvalue weighted by Gasteiger charge is 2.11. The average molecular weight is 240 g/mol. The van der Waals surface area contributed by atoms with E-state index >= 15 is 0 Å². The van der Waals surface area contributed by atoms with E-state index in [0.717, 1.165) is 5.82 Å². The van der Waals surface area contributed by atoms with E-state index in [1.165, 1.54) is 51.3 Å². The van der Waals surface area contributed by atoms with Crippen molar-refractivity contribution < 1.29 is 0 Å². The summed E-state index contributed by atoms with van der Waals surface area (Å²) in [7, 11) is 0. The molecule has 1 fully saturated rings. The predicted octanol–water partition coefficient (Wildman–Crippen LogP) is 3.65. The molecule has 1 aliphatic rings. The lowest BCUT2D eigenvalue weighted by Crippen LogP contribution is -2.21. The van der Waals surface area contributed by atoms with Gasteiger partial charge in [-0.05, 0) is 12.8 Å². The minimum atomic E-state index is 0.503. The number of nitrogens with zero attached hydrogens (tertiary/aromatic N) is 2. The fraction of sp³-hybridized carbons (Fsp3) is 0.667. The van der Waals surface area contributed by atoms with E-state index in [1.54, 1.807) is 6.07 Å². The first-order valence-electron chi connectivity index (χ1n) is 6.09. The summed E-state index contributed by atoms with van der Waals surface area (Å²) in [4.78, 5) is 8.06.